The molecule has 2 aromatic rings. The molecule has 0 N–H and O–H groups in total. The first-order chi connectivity index (χ1) is 13.1. The van der Waals surface area contributed by atoms with Crippen molar-refractivity contribution in [3.05, 3.63) is 59.5 Å². The Kier molecular flexibility index (Phi) is 5.22. The first kappa shape index (κ1) is 18.1. The van der Waals surface area contributed by atoms with Gasteiger partial charge in [0, 0.05) is 31.7 Å². The third kappa shape index (κ3) is 3.89. The van der Waals surface area contributed by atoms with Crippen LogP contribution in [0.15, 0.2) is 47.1 Å². The molecule has 1 atom stereocenters. The Labute approximate surface area is 163 Å². The normalized spacial score (nSPS) is 21.1. The summed E-state index contributed by atoms with van der Waals surface area (Å²) in [5.41, 5.74) is 1.74. The number of hydrogen-bond donors (Lipinski definition) is 0. The maximum absolute atomic E-state index is 12.7. The highest BCUT2D eigenvalue weighted by Crippen LogP contribution is 2.39. The van der Waals surface area contributed by atoms with E-state index in [0.717, 1.165) is 37.5 Å². The Hall–Kier alpha value is -2.25. The molecule has 1 aromatic heterocycles. The van der Waals surface area contributed by atoms with Crippen molar-refractivity contribution < 1.29 is 14.0 Å². The van der Waals surface area contributed by atoms with Crippen molar-refractivity contribution >= 4 is 23.6 Å². The molecule has 0 spiro atoms. The van der Waals surface area contributed by atoms with E-state index in [1.54, 1.807) is 18.0 Å². The third-order valence-corrected chi connectivity index (χ3v) is 6.36. The SMILES string of the molecule is CN1CCN(C(=O)c2ccc([C@H]3SCC(=O)N3Cc3ccco3)cc2)CC1. The molecule has 2 saturated heterocycles. The standard InChI is InChI=1S/C20H23N3O3S/c1-21-8-10-22(11-9-21)19(25)15-4-6-16(7-5-15)20-23(18(24)14-27-20)13-17-3-2-12-26-17/h2-7,12,20H,8-11,13-14H2,1H3/t20-/m1/s1. The first-order valence-electron chi connectivity index (χ1n) is 9.13. The van der Waals surface area contributed by atoms with E-state index >= 15 is 0 Å². The monoisotopic (exact) mass is 385 g/mol. The fourth-order valence-electron chi connectivity index (χ4n) is 3.45. The van der Waals surface area contributed by atoms with Crippen molar-refractivity contribution in [3.8, 4) is 0 Å². The molecule has 4 rings (SSSR count). The molecule has 142 valence electrons. The number of carbonyl (C=O) groups excluding carboxylic acids is 2. The van der Waals surface area contributed by atoms with E-state index in [4.69, 9.17) is 4.42 Å². The van der Waals surface area contributed by atoms with Crippen LogP contribution in [-0.2, 0) is 11.3 Å². The summed E-state index contributed by atoms with van der Waals surface area (Å²) in [7, 11) is 2.08. The summed E-state index contributed by atoms with van der Waals surface area (Å²) in [6, 6.07) is 11.4. The van der Waals surface area contributed by atoms with Crippen LogP contribution in [0, 0.1) is 0 Å². The van der Waals surface area contributed by atoms with Crippen molar-refractivity contribution in [2.45, 2.75) is 11.9 Å². The number of amides is 2. The lowest BCUT2D eigenvalue weighted by atomic mass is 10.1. The first-order valence-corrected chi connectivity index (χ1v) is 10.2. The highest BCUT2D eigenvalue weighted by Gasteiger charge is 2.33. The molecular formula is C20H23N3O3S. The van der Waals surface area contributed by atoms with E-state index in [0.29, 0.717) is 17.9 Å². The Morgan fingerprint density at radius 2 is 1.89 bits per heavy atom. The van der Waals surface area contributed by atoms with Gasteiger partial charge in [0.2, 0.25) is 5.91 Å². The average Bonchev–Trinajstić information content (AvgIpc) is 3.33. The second-order valence-corrected chi connectivity index (χ2v) is 8.05. The van der Waals surface area contributed by atoms with Crippen molar-refractivity contribution in [1.29, 1.82) is 0 Å². The van der Waals surface area contributed by atoms with E-state index in [-0.39, 0.29) is 17.2 Å². The molecule has 0 saturated carbocycles. The zero-order valence-corrected chi connectivity index (χ0v) is 16.2. The number of rotatable bonds is 4. The number of hydrogen-bond acceptors (Lipinski definition) is 5. The lowest BCUT2D eigenvalue weighted by molar-refractivity contribution is -0.128. The highest BCUT2D eigenvalue weighted by molar-refractivity contribution is 8.00. The lowest BCUT2D eigenvalue weighted by Gasteiger charge is -2.32. The van der Waals surface area contributed by atoms with Gasteiger partial charge in [0.1, 0.15) is 11.1 Å². The van der Waals surface area contributed by atoms with Gasteiger partial charge in [-0.15, -0.1) is 11.8 Å². The summed E-state index contributed by atoms with van der Waals surface area (Å²) < 4.78 is 5.40. The van der Waals surface area contributed by atoms with Crippen LogP contribution in [0.3, 0.4) is 0 Å². The van der Waals surface area contributed by atoms with Crippen molar-refractivity contribution in [1.82, 2.24) is 14.7 Å². The van der Waals surface area contributed by atoms with Crippen LogP contribution < -0.4 is 0 Å². The molecule has 3 heterocycles. The van der Waals surface area contributed by atoms with Gasteiger partial charge >= 0.3 is 0 Å². The van der Waals surface area contributed by atoms with E-state index in [2.05, 4.69) is 11.9 Å². The van der Waals surface area contributed by atoms with Crippen molar-refractivity contribution in [2.24, 2.45) is 0 Å². The van der Waals surface area contributed by atoms with Gasteiger partial charge in [-0.1, -0.05) is 12.1 Å². The van der Waals surface area contributed by atoms with Gasteiger partial charge in [-0.25, -0.2) is 0 Å². The van der Waals surface area contributed by atoms with Crippen molar-refractivity contribution in [2.75, 3.05) is 39.0 Å². The molecular weight excluding hydrogens is 362 g/mol. The molecule has 27 heavy (non-hydrogen) atoms. The minimum atomic E-state index is -0.0459. The Balaban J connectivity index is 1.46. The number of nitrogens with zero attached hydrogens (tertiary/aromatic N) is 3. The third-order valence-electron chi connectivity index (χ3n) is 5.11. The number of carbonyl (C=O) groups is 2. The summed E-state index contributed by atoms with van der Waals surface area (Å²) in [4.78, 5) is 31.0. The van der Waals surface area contributed by atoms with Crippen LogP contribution in [0.2, 0.25) is 0 Å². The molecule has 2 fully saturated rings. The van der Waals surface area contributed by atoms with Gasteiger partial charge < -0.3 is 19.1 Å². The molecule has 7 heteroatoms. The zero-order chi connectivity index (χ0) is 18.8. The number of benzene rings is 1. The molecule has 6 nitrogen and oxygen atoms in total. The van der Waals surface area contributed by atoms with Gasteiger partial charge in [0.25, 0.3) is 5.91 Å². The maximum Gasteiger partial charge on any atom is 0.253 e. The Bertz CT molecular complexity index is 798. The molecule has 2 amide bonds. The fraction of sp³-hybridized carbons (Fsp3) is 0.400. The number of piperazine rings is 1. The maximum atomic E-state index is 12.7. The molecule has 0 radical (unpaired) electrons. The second-order valence-electron chi connectivity index (χ2n) is 6.98. The number of likely N-dealkylation sites (N-methyl/N-ethyl adjacent to an activating group) is 1. The predicted molar refractivity (Wildman–Crippen MR) is 104 cm³/mol. The van der Waals surface area contributed by atoms with Crippen LogP contribution in [0.1, 0.15) is 27.1 Å². The summed E-state index contributed by atoms with van der Waals surface area (Å²) in [5.74, 6) is 1.43. The number of thioether (sulfide) groups is 1. The van der Waals surface area contributed by atoms with Crippen LogP contribution >= 0.6 is 11.8 Å². The fourth-order valence-corrected chi connectivity index (χ4v) is 4.64. The van der Waals surface area contributed by atoms with Gasteiger partial charge in [0.05, 0.1) is 18.6 Å². The highest BCUT2D eigenvalue weighted by atomic mass is 32.2. The summed E-state index contributed by atoms with van der Waals surface area (Å²) in [5, 5.41) is -0.0459. The summed E-state index contributed by atoms with van der Waals surface area (Å²) >= 11 is 1.61. The van der Waals surface area contributed by atoms with Crippen LogP contribution in [-0.4, -0.2) is 65.5 Å². The van der Waals surface area contributed by atoms with Crippen LogP contribution in [0.5, 0.6) is 0 Å². The van der Waals surface area contributed by atoms with Gasteiger partial charge in [-0.2, -0.15) is 0 Å². The van der Waals surface area contributed by atoms with Gasteiger partial charge in [-0.3, -0.25) is 9.59 Å². The molecule has 1 aromatic carbocycles. The number of furan rings is 1. The van der Waals surface area contributed by atoms with Gasteiger partial charge in [-0.05, 0) is 36.9 Å². The van der Waals surface area contributed by atoms with Crippen molar-refractivity contribution in [3.63, 3.8) is 0 Å². The van der Waals surface area contributed by atoms with Gasteiger partial charge in [0.15, 0.2) is 0 Å². The smallest absolute Gasteiger partial charge is 0.253 e. The minimum Gasteiger partial charge on any atom is -0.467 e. The molecule has 0 unspecified atom stereocenters. The average molecular weight is 385 g/mol. The Morgan fingerprint density at radius 1 is 1.15 bits per heavy atom. The quantitative estimate of drug-likeness (QED) is 0.809. The van der Waals surface area contributed by atoms with Crippen LogP contribution in [0.4, 0.5) is 0 Å². The molecule has 0 bridgehead atoms. The molecule has 2 aliphatic rings. The predicted octanol–water partition coefficient (Wildman–Crippen LogP) is 2.44. The zero-order valence-electron chi connectivity index (χ0n) is 15.3. The summed E-state index contributed by atoms with van der Waals surface area (Å²) in [6.07, 6.45) is 1.62. The van der Waals surface area contributed by atoms with E-state index in [1.807, 2.05) is 46.2 Å². The van der Waals surface area contributed by atoms with E-state index < -0.39 is 0 Å². The summed E-state index contributed by atoms with van der Waals surface area (Å²) in [6.45, 7) is 3.81. The lowest BCUT2D eigenvalue weighted by Crippen LogP contribution is -2.47. The van der Waals surface area contributed by atoms with E-state index in [1.165, 1.54) is 0 Å². The van der Waals surface area contributed by atoms with E-state index in [9.17, 15) is 9.59 Å². The topological polar surface area (TPSA) is 57.0 Å². The van der Waals surface area contributed by atoms with Crippen LogP contribution in [0.25, 0.3) is 0 Å². The molecule has 2 aliphatic heterocycles. The largest absolute Gasteiger partial charge is 0.467 e. The Morgan fingerprint density at radius 3 is 2.56 bits per heavy atom. The molecule has 0 aliphatic carbocycles. The second kappa shape index (κ2) is 7.78. The minimum absolute atomic E-state index is 0.0459.